The minimum absolute atomic E-state index is 0.596. The number of unbranched alkanes of at least 4 members (excludes halogenated alkanes) is 2. The summed E-state index contributed by atoms with van der Waals surface area (Å²) in [4.78, 5) is 4.51. The Bertz CT molecular complexity index is 555. The second-order valence-corrected chi connectivity index (χ2v) is 6.03. The summed E-state index contributed by atoms with van der Waals surface area (Å²) in [7, 11) is 0. The van der Waals surface area contributed by atoms with Gasteiger partial charge < -0.3 is 9.88 Å². The van der Waals surface area contributed by atoms with Gasteiger partial charge in [-0.2, -0.15) is 0 Å². The second kappa shape index (κ2) is 6.89. The van der Waals surface area contributed by atoms with E-state index in [9.17, 15) is 0 Å². The standard InChI is InChI=1S/C17H27N3/c1-13(2)18-8-6-5-7-9-20-12-19-16-10-14(3)15(4)11-17(16)20/h10-13,18H,5-9H2,1-4H3. The highest BCUT2D eigenvalue weighted by Gasteiger charge is 2.04. The van der Waals surface area contributed by atoms with Crippen LogP contribution in [0.25, 0.3) is 11.0 Å². The first-order valence-electron chi connectivity index (χ1n) is 7.73. The molecular formula is C17H27N3. The lowest BCUT2D eigenvalue weighted by Crippen LogP contribution is -2.23. The van der Waals surface area contributed by atoms with Crippen LogP contribution in [0.4, 0.5) is 0 Å². The van der Waals surface area contributed by atoms with E-state index in [4.69, 9.17) is 0 Å². The smallest absolute Gasteiger partial charge is 0.0958 e. The fourth-order valence-electron chi connectivity index (χ4n) is 2.47. The molecule has 1 aromatic carbocycles. The Balaban J connectivity index is 1.86. The summed E-state index contributed by atoms with van der Waals surface area (Å²) < 4.78 is 2.29. The van der Waals surface area contributed by atoms with Crippen LogP contribution in [-0.4, -0.2) is 22.1 Å². The van der Waals surface area contributed by atoms with Crippen LogP contribution in [0.5, 0.6) is 0 Å². The maximum absolute atomic E-state index is 4.51. The van der Waals surface area contributed by atoms with E-state index >= 15 is 0 Å². The van der Waals surface area contributed by atoms with E-state index in [0.29, 0.717) is 6.04 Å². The first-order valence-corrected chi connectivity index (χ1v) is 7.73. The molecular weight excluding hydrogens is 246 g/mol. The fraction of sp³-hybridized carbons (Fsp3) is 0.588. The molecule has 0 amide bonds. The highest BCUT2D eigenvalue weighted by atomic mass is 15.0. The SMILES string of the molecule is Cc1cc2ncn(CCCCCNC(C)C)c2cc1C. The zero-order valence-electron chi connectivity index (χ0n) is 13.2. The summed E-state index contributed by atoms with van der Waals surface area (Å²) in [6.45, 7) is 10.9. The average molecular weight is 273 g/mol. The predicted molar refractivity (Wildman–Crippen MR) is 86.2 cm³/mol. The third kappa shape index (κ3) is 3.83. The molecule has 0 bridgehead atoms. The summed E-state index contributed by atoms with van der Waals surface area (Å²) in [5, 5.41) is 3.46. The molecule has 3 heteroatoms. The Morgan fingerprint density at radius 2 is 1.85 bits per heavy atom. The Morgan fingerprint density at radius 3 is 2.60 bits per heavy atom. The molecule has 0 aliphatic carbocycles. The molecule has 1 aromatic heterocycles. The topological polar surface area (TPSA) is 29.9 Å². The molecule has 0 fully saturated rings. The van der Waals surface area contributed by atoms with Crippen molar-refractivity contribution in [1.29, 1.82) is 0 Å². The summed E-state index contributed by atoms with van der Waals surface area (Å²) >= 11 is 0. The molecule has 20 heavy (non-hydrogen) atoms. The van der Waals surface area contributed by atoms with Crippen LogP contribution in [0.15, 0.2) is 18.5 Å². The number of hydrogen-bond acceptors (Lipinski definition) is 2. The molecule has 0 aliphatic rings. The van der Waals surface area contributed by atoms with Crippen molar-refractivity contribution < 1.29 is 0 Å². The monoisotopic (exact) mass is 273 g/mol. The number of aromatic nitrogens is 2. The highest BCUT2D eigenvalue weighted by molar-refractivity contribution is 5.77. The van der Waals surface area contributed by atoms with Crippen molar-refractivity contribution in [2.45, 2.75) is 59.5 Å². The van der Waals surface area contributed by atoms with Crippen molar-refractivity contribution in [3.05, 3.63) is 29.6 Å². The number of nitrogens with zero attached hydrogens (tertiary/aromatic N) is 2. The fourth-order valence-corrected chi connectivity index (χ4v) is 2.47. The Hall–Kier alpha value is -1.35. The van der Waals surface area contributed by atoms with Crippen molar-refractivity contribution in [1.82, 2.24) is 14.9 Å². The number of aryl methyl sites for hydroxylation is 3. The molecule has 0 saturated heterocycles. The minimum Gasteiger partial charge on any atom is -0.331 e. The van der Waals surface area contributed by atoms with E-state index in [1.165, 1.54) is 35.9 Å². The molecule has 1 N–H and O–H groups in total. The molecule has 2 aromatic rings. The van der Waals surface area contributed by atoms with Gasteiger partial charge in [0, 0.05) is 12.6 Å². The molecule has 0 atom stereocenters. The lowest BCUT2D eigenvalue weighted by Gasteiger charge is -2.08. The van der Waals surface area contributed by atoms with Crippen LogP contribution in [0.1, 0.15) is 44.2 Å². The lowest BCUT2D eigenvalue weighted by molar-refractivity contribution is 0.531. The van der Waals surface area contributed by atoms with Gasteiger partial charge in [-0.3, -0.25) is 0 Å². The van der Waals surface area contributed by atoms with Gasteiger partial charge in [0.15, 0.2) is 0 Å². The van der Waals surface area contributed by atoms with Gasteiger partial charge in [0.1, 0.15) is 0 Å². The quantitative estimate of drug-likeness (QED) is 0.777. The van der Waals surface area contributed by atoms with Gasteiger partial charge in [0.2, 0.25) is 0 Å². The lowest BCUT2D eigenvalue weighted by atomic mass is 10.1. The van der Waals surface area contributed by atoms with Crippen molar-refractivity contribution >= 4 is 11.0 Å². The zero-order chi connectivity index (χ0) is 14.5. The Kier molecular flexibility index (Phi) is 5.18. The van der Waals surface area contributed by atoms with Crippen LogP contribution >= 0.6 is 0 Å². The largest absolute Gasteiger partial charge is 0.331 e. The predicted octanol–water partition coefficient (Wildman–Crippen LogP) is 3.82. The van der Waals surface area contributed by atoms with Crippen molar-refractivity contribution in [2.24, 2.45) is 0 Å². The number of fused-ring (bicyclic) bond motifs is 1. The first kappa shape index (κ1) is 15.0. The van der Waals surface area contributed by atoms with Gasteiger partial charge in [-0.05, 0) is 56.5 Å². The number of imidazole rings is 1. The van der Waals surface area contributed by atoms with Gasteiger partial charge in [-0.15, -0.1) is 0 Å². The van der Waals surface area contributed by atoms with Crippen LogP contribution in [0, 0.1) is 13.8 Å². The van der Waals surface area contributed by atoms with Crippen molar-refractivity contribution in [2.75, 3.05) is 6.54 Å². The van der Waals surface area contributed by atoms with Gasteiger partial charge in [-0.25, -0.2) is 4.98 Å². The summed E-state index contributed by atoms with van der Waals surface area (Å²) in [6, 6.07) is 5.05. The minimum atomic E-state index is 0.596. The molecule has 1 heterocycles. The first-order chi connectivity index (χ1) is 9.58. The highest BCUT2D eigenvalue weighted by Crippen LogP contribution is 2.18. The van der Waals surface area contributed by atoms with Gasteiger partial charge in [0.25, 0.3) is 0 Å². The van der Waals surface area contributed by atoms with E-state index in [0.717, 1.165) is 18.6 Å². The Labute approximate surface area is 122 Å². The second-order valence-electron chi connectivity index (χ2n) is 6.03. The van der Waals surface area contributed by atoms with Crippen LogP contribution in [0.2, 0.25) is 0 Å². The third-order valence-corrected chi connectivity index (χ3v) is 3.86. The van der Waals surface area contributed by atoms with E-state index < -0.39 is 0 Å². The number of benzene rings is 1. The average Bonchev–Trinajstić information content (AvgIpc) is 2.76. The van der Waals surface area contributed by atoms with Crippen molar-refractivity contribution in [3.63, 3.8) is 0 Å². The van der Waals surface area contributed by atoms with Gasteiger partial charge >= 0.3 is 0 Å². The van der Waals surface area contributed by atoms with Crippen LogP contribution < -0.4 is 5.32 Å². The molecule has 0 unspecified atom stereocenters. The van der Waals surface area contributed by atoms with Gasteiger partial charge in [-0.1, -0.05) is 20.3 Å². The zero-order valence-corrected chi connectivity index (χ0v) is 13.2. The van der Waals surface area contributed by atoms with Crippen molar-refractivity contribution in [3.8, 4) is 0 Å². The molecule has 2 rings (SSSR count). The van der Waals surface area contributed by atoms with E-state index in [-0.39, 0.29) is 0 Å². The van der Waals surface area contributed by atoms with Crippen LogP contribution in [0.3, 0.4) is 0 Å². The number of rotatable bonds is 7. The maximum Gasteiger partial charge on any atom is 0.0958 e. The summed E-state index contributed by atoms with van der Waals surface area (Å²) in [6.07, 6.45) is 5.72. The normalized spacial score (nSPS) is 11.7. The third-order valence-electron chi connectivity index (χ3n) is 3.86. The molecule has 110 valence electrons. The van der Waals surface area contributed by atoms with Gasteiger partial charge in [0.05, 0.1) is 17.4 Å². The Morgan fingerprint density at radius 1 is 1.10 bits per heavy atom. The maximum atomic E-state index is 4.51. The van der Waals surface area contributed by atoms with E-state index in [1.54, 1.807) is 0 Å². The van der Waals surface area contributed by atoms with E-state index in [1.807, 2.05) is 6.33 Å². The number of nitrogens with one attached hydrogen (secondary N) is 1. The summed E-state index contributed by atoms with van der Waals surface area (Å²) in [5.41, 5.74) is 5.06. The molecule has 0 saturated carbocycles. The van der Waals surface area contributed by atoms with Crippen LogP contribution in [-0.2, 0) is 6.54 Å². The van der Waals surface area contributed by atoms with E-state index in [2.05, 4.69) is 54.7 Å². The molecule has 0 radical (unpaired) electrons. The molecule has 0 spiro atoms. The molecule has 0 aliphatic heterocycles. The summed E-state index contributed by atoms with van der Waals surface area (Å²) in [5.74, 6) is 0. The number of hydrogen-bond donors (Lipinski definition) is 1. The molecule has 3 nitrogen and oxygen atoms in total.